The van der Waals surface area contributed by atoms with Gasteiger partial charge in [0.25, 0.3) is 0 Å². The summed E-state index contributed by atoms with van der Waals surface area (Å²) in [6, 6.07) is 6.56. The SMILES string of the molecule is C=CC(C)(C)CC(C)(C)Oc1cccc(C(=O)O)c1. The lowest BCUT2D eigenvalue weighted by Gasteiger charge is -2.33. The lowest BCUT2D eigenvalue weighted by atomic mass is 9.82. The molecule has 0 unspecified atom stereocenters. The Hall–Kier alpha value is -1.77. The number of aromatic carboxylic acids is 1. The van der Waals surface area contributed by atoms with E-state index in [2.05, 4.69) is 20.4 Å². The van der Waals surface area contributed by atoms with E-state index in [-0.39, 0.29) is 11.0 Å². The molecule has 0 radical (unpaired) electrons. The zero-order chi connectivity index (χ0) is 14.7. The number of hydrogen-bond donors (Lipinski definition) is 1. The Morgan fingerprint density at radius 3 is 2.53 bits per heavy atom. The van der Waals surface area contributed by atoms with E-state index in [0.717, 1.165) is 6.42 Å². The van der Waals surface area contributed by atoms with Gasteiger partial charge < -0.3 is 9.84 Å². The fourth-order valence-electron chi connectivity index (χ4n) is 2.22. The van der Waals surface area contributed by atoms with Crippen molar-refractivity contribution in [2.45, 2.75) is 39.7 Å². The van der Waals surface area contributed by atoms with E-state index in [0.29, 0.717) is 5.75 Å². The van der Waals surface area contributed by atoms with E-state index in [9.17, 15) is 4.79 Å². The second-order valence-corrected chi connectivity index (χ2v) is 6.06. The molecule has 0 atom stereocenters. The van der Waals surface area contributed by atoms with Gasteiger partial charge in [0.2, 0.25) is 0 Å². The summed E-state index contributed by atoms with van der Waals surface area (Å²) in [4.78, 5) is 10.9. The predicted molar refractivity (Wildman–Crippen MR) is 76.7 cm³/mol. The van der Waals surface area contributed by atoms with Crippen LogP contribution in [-0.4, -0.2) is 16.7 Å². The van der Waals surface area contributed by atoms with Crippen molar-refractivity contribution in [3.8, 4) is 5.75 Å². The summed E-state index contributed by atoms with van der Waals surface area (Å²) in [6.07, 6.45) is 2.70. The Balaban J connectivity index is 2.86. The van der Waals surface area contributed by atoms with Crippen molar-refractivity contribution < 1.29 is 14.6 Å². The first-order chi connectivity index (χ1) is 8.65. The number of benzene rings is 1. The van der Waals surface area contributed by atoms with Crippen molar-refractivity contribution in [3.63, 3.8) is 0 Å². The van der Waals surface area contributed by atoms with E-state index >= 15 is 0 Å². The van der Waals surface area contributed by atoms with Crippen molar-refractivity contribution in [2.75, 3.05) is 0 Å². The van der Waals surface area contributed by atoms with Gasteiger partial charge >= 0.3 is 5.97 Å². The van der Waals surface area contributed by atoms with Gasteiger partial charge in [0.15, 0.2) is 0 Å². The van der Waals surface area contributed by atoms with Crippen LogP contribution in [-0.2, 0) is 0 Å². The molecule has 0 saturated carbocycles. The molecule has 1 N–H and O–H groups in total. The number of hydrogen-bond acceptors (Lipinski definition) is 2. The highest BCUT2D eigenvalue weighted by molar-refractivity contribution is 5.88. The minimum Gasteiger partial charge on any atom is -0.488 e. The molecule has 19 heavy (non-hydrogen) atoms. The third kappa shape index (κ3) is 4.78. The molecule has 0 heterocycles. The average molecular weight is 262 g/mol. The molecule has 3 heteroatoms. The molecule has 3 nitrogen and oxygen atoms in total. The van der Waals surface area contributed by atoms with Gasteiger partial charge in [0.1, 0.15) is 11.4 Å². The summed E-state index contributed by atoms with van der Waals surface area (Å²) in [7, 11) is 0. The molecule has 0 aromatic heterocycles. The van der Waals surface area contributed by atoms with Gasteiger partial charge in [-0.25, -0.2) is 4.79 Å². The molecule has 0 saturated heterocycles. The van der Waals surface area contributed by atoms with Gasteiger partial charge in [-0.3, -0.25) is 0 Å². The minimum atomic E-state index is -0.949. The molecule has 1 rings (SSSR count). The second kappa shape index (κ2) is 5.47. The van der Waals surface area contributed by atoms with Crippen LogP contribution in [0.15, 0.2) is 36.9 Å². The first kappa shape index (κ1) is 15.3. The molecular weight excluding hydrogens is 240 g/mol. The highest BCUT2D eigenvalue weighted by atomic mass is 16.5. The van der Waals surface area contributed by atoms with Crippen LogP contribution in [0, 0.1) is 5.41 Å². The predicted octanol–water partition coefficient (Wildman–Crippen LogP) is 4.14. The number of carbonyl (C=O) groups is 1. The van der Waals surface area contributed by atoms with Crippen LogP contribution in [0.1, 0.15) is 44.5 Å². The highest BCUT2D eigenvalue weighted by Gasteiger charge is 2.28. The van der Waals surface area contributed by atoms with Crippen LogP contribution in [0.25, 0.3) is 0 Å². The maximum Gasteiger partial charge on any atom is 0.335 e. The van der Waals surface area contributed by atoms with E-state index in [1.54, 1.807) is 24.3 Å². The third-order valence-corrected chi connectivity index (χ3v) is 2.91. The Morgan fingerprint density at radius 2 is 2.00 bits per heavy atom. The van der Waals surface area contributed by atoms with Crippen LogP contribution in [0.5, 0.6) is 5.75 Å². The number of allylic oxidation sites excluding steroid dienone is 1. The molecular formula is C16H22O3. The van der Waals surface area contributed by atoms with Crippen molar-refractivity contribution in [1.29, 1.82) is 0 Å². The van der Waals surface area contributed by atoms with Gasteiger partial charge in [0.05, 0.1) is 5.56 Å². The van der Waals surface area contributed by atoms with Crippen molar-refractivity contribution in [1.82, 2.24) is 0 Å². The van der Waals surface area contributed by atoms with Crippen molar-refractivity contribution in [3.05, 3.63) is 42.5 Å². The molecule has 0 spiro atoms. The normalized spacial score (nSPS) is 12.0. The standard InChI is InChI=1S/C16H22O3/c1-6-15(2,3)11-16(4,5)19-13-9-7-8-12(10-13)14(17)18/h6-10H,1,11H2,2-5H3,(H,17,18). The Morgan fingerprint density at radius 1 is 1.37 bits per heavy atom. The van der Waals surface area contributed by atoms with Crippen LogP contribution >= 0.6 is 0 Å². The number of rotatable bonds is 6. The van der Waals surface area contributed by atoms with Gasteiger partial charge in [-0.05, 0) is 43.9 Å². The van der Waals surface area contributed by atoms with Gasteiger partial charge in [-0.1, -0.05) is 26.0 Å². The van der Waals surface area contributed by atoms with Crippen LogP contribution < -0.4 is 4.74 Å². The first-order valence-corrected chi connectivity index (χ1v) is 6.31. The molecule has 1 aromatic carbocycles. The molecule has 104 valence electrons. The molecule has 0 aliphatic heterocycles. The first-order valence-electron chi connectivity index (χ1n) is 6.31. The fraction of sp³-hybridized carbons (Fsp3) is 0.438. The Labute approximate surface area is 114 Å². The van der Waals surface area contributed by atoms with Crippen molar-refractivity contribution in [2.24, 2.45) is 5.41 Å². The van der Waals surface area contributed by atoms with E-state index < -0.39 is 11.6 Å². The van der Waals surface area contributed by atoms with Crippen LogP contribution in [0.2, 0.25) is 0 Å². The lowest BCUT2D eigenvalue weighted by Crippen LogP contribution is -2.33. The van der Waals surface area contributed by atoms with Crippen LogP contribution in [0.3, 0.4) is 0 Å². The summed E-state index contributed by atoms with van der Waals surface area (Å²) < 4.78 is 5.92. The Bertz CT molecular complexity index is 473. The van der Waals surface area contributed by atoms with Gasteiger partial charge in [-0.15, -0.1) is 6.58 Å². The second-order valence-electron chi connectivity index (χ2n) is 6.06. The zero-order valence-electron chi connectivity index (χ0n) is 12.1. The van der Waals surface area contributed by atoms with Gasteiger partial charge in [0, 0.05) is 0 Å². The van der Waals surface area contributed by atoms with E-state index in [1.807, 2.05) is 19.9 Å². The van der Waals surface area contributed by atoms with Crippen LogP contribution in [0.4, 0.5) is 0 Å². The van der Waals surface area contributed by atoms with E-state index in [4.69, 9.17) is 9.84 Å². The number of carboxylic acid groups (broad SMARTS) is 1. The summed E-state index contributed by atoms with van der Waals surface area (Å²) in [5, 5.41) is 8.96. The third-order valence-electron chi connectivity index (χ3n) is 2.91. The average Bonchev–Trinajstić information content (AvgIpc) is 2.27. The summed E-state index contributed by atoms with van der Waals surface area (Å²) >= 11 is 0. The monoisotopic (exact) mass is 262 g/mol. The smallest absolute Gasteiger partial charge is 0.335 e. The lowest BCUT2D eigenvalue weighted by molar-refractivity contribution is 0.0662. The highest BCUT2D eigenvalue weighted by Crippen LogP contribution is 2.32. The Kier molecular flexibility index (Phi) is 4.40. The summed E-state index contributed by atoms with van der Waals surface area (Å²) in [5.74, 6) is -0.376. The molecule has 0 fully saturated rings. The summed E-state index contributed by atoms with van der Waals surface area (Å²) in [5.41, 5.74) is -0.195. The molecule has 0 bridgehead atoms. The fourth-order valence-corrected chi connectivity index (χ4v) is 2.22. The van der Waals surface area contributed by atoms with E-state index in [1.165, 1.54) is 0 Å². The van der Waals surface area contributed by atoms with Gasteiger partial charge in [-0.2, -0.15) is 0 Å². The zero-order valence-corrected chi connectivity index (χ0v) is 12.1. The van der Waals surface area contributed by atoms with Crippen molar-refractivity contribution >= 4 is 5.97 Å². The molecule has 1 aromatic rings. The maximum atomic E-state index is 10.9. The minimum absolute atomic E-state index is 0.0338. The molecule has 0 amide bonds. The summed E-state index contributed by atoms with van der Waals surface area (Å²) in [6.45, 7) is 12.0. The maximum absolute atomic E-state index is 10.9. The topological polar surface area (TPSA) is 46.5 Å². The largest absolute Gasteiger partial charge is 0.488 e. The quantitative estimate of drug-likeness (QED) is 0.783. The number of carboxylic acids is 1. The molecule has 0 aliphatic carbocycles. The molecule has 0 aliphatic rings. The number of ether oxygens (including phenoxy) is 1.